The maximum absolute atomic E-state index is 12.1. The standard InChI is InChI=1S/C24H42O5/c1-16-8-9-19-21(3,4)11-7-12-23(19,6)24(16,27)15-14-22(5)13-10-18(28-29-22)17(2)20(25)26/h16-19,27H,7-15H2,1-6H3,(H,25,26)/t16-,17+,18?,19+,22?,23+,24-/m1/s1. The number of hydrogen-bond acceptors (Lipinski definition) is 4. The molecule has 5 heteroatoms. The first-order valence-corrected chi connectivity index (χ1v) is 11.6. The summed E-state index contributed by atoms with van der Waals surface area (Å²) in [4.78, 5) is 22.5. The third-order valence-corrected chi connectivity index (χ3v) is 9.24. The summed E-state index contributed by atoms with van der Waals surface area (Å²) < 4.78 is 0. The number of hydrogen-bond donors (Lipinski definition) is 2. The Labute approximate surface area is 176 Å². The molecule has 168 valence electrons. The molecule has 5 nitrogen and oxygen atoms in total. The highest BCUT2D eigenvalue weighted by molar-refractivity contribution is 5.70. The van der Waals surface area contributed by atoms with Crippen LogP contribution in [0, 0.1) is 28.6 Å². The topological polar surface area (TPSA) is 76.0 Å². The van der Waals surface area contributed by atoms with Gasteiger partial charge in [-0.25, -0.2) is 9.78 Å². The van der Waals surface area contributed by atoms with Gasteiger partial charge in [0.2, 0.25) is 0 Å². The molecular formula is C24H42O5. The van der Waals surface area contributed by atoms with Crippen LogP contribution >= 0.6 is 0 Å². The highest BCUT2D eigenvalue weighted by Gasteiger charge is 2.61. The van der Waals surface area contributed by atoms with Gasteiger partial charge < -0.3 is 10.2 Å². The van der Waals surface area contributed by atoms with Gasteiger partial charge in [-0.2, -0.15) is 0 Å². The molecule has 3 aliphatic rings. The van der Waals surface area contributed by atoms with Crippen LogP contribution in [-0.4, -0.2) is 33.5 Å². The second-order valence-electron chi connectivity index (χ2n) is 11.5. The normalized spacial score (nSPS) is 46.0. The van der Waals surface area contributed by atoms with Crippen LogP contribution in [0.2, 0.25) is 0 Å². The highest BCUT2D eigenvalue weighted by atomic mass is 17.2. The number of aliphatic hydroxyl groups is 1. The van der Waals surface area contributed by atoms with Crippen molar-refractivity contribution in [2.75, 3.05) is 0 Å². The van der Waals surface area contributed by atoms with Crippen molar-refractivity contribution < 1.29 is 24.8 Å². The zero-order valence-electron chi connectivity index (χ0n) is 19.3. The van der Waals surface area contributed by atoms with Crippen LogP contribution in [0.5, 0.6) is 0 Å². The van der Waals surface area contributed by atoms with Gasteiger partial charge in [-0.3, -0.25) is 4.79 Å². The van der Waals surface area contributed by atoms with Gasteiger partial charge in [-0.15, -0.1) is 0 Å². The van der Waals surface area contributed by atoms with E-state index in [2.05, 4.69) is 27.7 Å². The van der Waals surface area contributed by atoms with E-state index in [1.807, 2.05) is 6.92 Å². The Kier molecular flexibility index (Phi) is 6.19. The molecule has 0 aromatic heterocycles. The molecule has 3 fully saturated rings. The number of aliphatic carboxylic acids is 1. The van der Waals surface area contributed by atoms with Gasteiger partial charge in [0, 0.05) is 0 Å². The van der Waals surface area contributed by atoms with Crippen molar-refractivity contribution in [3.05, 3.63) is 0 Å². The van der Waals surface area contributed by atoms with Crippen molar-refractivity contribution in [2.45, 2.75) is 117 Å². The van der Waals surface area contributed by atoms with E-state index < -0.39 is 29.2 Å². The lowest BCUT2D eigenvalue weighted by Crippen LogP contribution is -2.62. The average Bonchev–Trinajstić information content (AvgIpc) is 2.64. The van der Waals surface area contributed by atoms with Crippen LogP contribution in [0.4, 0.5) is 0 Å². The van der Waals surface area contributed by atoms with Crippen molar-refractivity contribution in [3.63, 3.8) is 0 Å². The fourth-order valence-corrected chi connectivity index (χ4v) is 6.93. The molecule has 1 aliphatic heterocycles. The number of fused-ring (bicyclic) bond motifs is 1. The van der Waals surface area contributed by atoms with Crippen molar-refractivity contribution in [3.8, 4) is 0 Å². The molecule has 2 unspecified atom stereocenters. The van der Waals surface area contributed by atoms with E-state index in [1.54, 1.807) is 6.92 Å². The summed E-state index contributed by atoms with van der Waals surface area (Å²) >= 11 is 0. The van der Waals surface area contributed by atoms with Crippen LogP contribution in [0.3, 0.4) is 0 Å². The minimum atomic E-state index is -0.855. The highest BCUT2D eigenvalue weighted by Crippen LogP contribution is 2.64. The quantitative estimate of drug-likeness (QED) is 0.598. The van der Waals surface area contributed by atoms with Gasteiger partial charge >= 0.3 is 5.97 Å². The van der Waals surface area contributed by atoms with E-state index in [1.165, 1.54) is 19.3 Å². The van der Waals surface area contributed by atoms with Crippen LogP contribution in [0.15, 0.2) is 0 Å². The number of carboxylic acids is 1. The van der Waals surface area contributed by atoms with E-state index in [-0.39, 0.29) is 16.7 Å². The molecule has 2 aliphatic carbocycles. The second-order valence-corrected chi connectivity index (χ2v) is 11.5. The van der Waals surface area contributed by atoms with Crippen molar-refractivity contribution in [2.24, 2.45) is 28.6 Å². The summed E-state index contributed by atoms with van der Waals surface area (Å²) in [7, 11) is 0. The molecular weight excluding hydrogens is 368 g/mol. The maximum atomic E-state index is 12.1. The number of carbonyl (C=O) groups is 1. The van der Waals surface area contributed by atoms with Crippen LogP contribution in [0.25, 0.3) is 0 Å². The van der Waals surface area contributed by atoms with Crippen molar-refractivity contribution in [1.29, 1.82) is 0 Å². The molecule has 2 N–H and O–H groups in total. The van der Waals surface area contributed by atoms with E-state index in [9.17, 15) is 15.0 Å². The SMILES string of the molecule is C[C@H](C(=O)O)C1CCC(C)(CC[C@@]2(O)[C@H](C)CC[C@H]3C(C)(C)CCC[C@@]32C)OO1. The lowest BCUT2D eigenvalue weighted by molar-refractivity contribution is -0.412. The molecule has 0 bridgehead atoms. The predicted octanol–water partition coefficient (Wildman–Crippen LogP) is 5.35. The fraction of sp³-hybridized carbons (Fsp3) is 0.958. The third-order valence-electron chi connectivity index (χ3n) is 9.24. The number of rotatable bonds is 5. The van der Waals surface area contributed by atoms with Crippen LogP contribution < -0.4 is 0 Å². The van der Waals surface area contributed by atoms with Gasteiger partial charge in [0.25, 0.3) is 0 Å². The smallest absolute Gasteiger partial charge is 0.308 e. The zero-order valence-corrected chi connectivity index (χ0v) is 19.3. The Bertz CT molecular complexity index is 608. The minimum Gasteiger partial charge on any atom is -0.481 e. The Morgan fingerprint density at radius 2 is 1.76 bits per heavy atom. The zero-order chi connectivity index (χ0) is 21.7. The van der Waals surface area contributed by atoms with Gasteiger partial charge in [-0.05, 0) is 87.9 Å². The third kappa shape index (κ3) is 3.99. The molecule has 1 saturated heterocycles. The second kappa shape index (κ2) is 7.80. The van der Waals surface area contributed by atoms with E-state index in [0.29, 0.717) is 18.8 Å². The molecule has 0 spiro atoms. The van der Waals surface area contributed by atoms with Gasteiger partial charge in [0.05, 0.1) is 11.5 Å². The monoisotopic (exact) mass is 410 g/mol. The Morgan fingerprint density at radius 3 is 2.34 bits per heavy atom. The van der Waals surface area contributed by atoms with Gasteiger partial charge in [0.1, 0.15) is 11.7 Å². The minimum absolute atomic E-state index is 0.0708. The predicted molar refractivity (Wildman–Crippen MR) is 112 cm³/mol. The van der Waals surface area contributed by atoms with Gasteiger partial charge in [0.15, 0.2) is 0 Å². The molecule has 0 aromatic carbocycles. The summed E-state index contributed by atoms with van der Waals surface area (Å²) in [5.74, 6) is -0.620. The summed E-state index contributed by atoms with van der Waals surface area (Å²) in [5.41, 5.74) is -0.975. The summed E-state index contributed by atoms with van der Waals surface area (Å²) in [6, 6.07) is 0. The van der Waals surface area contributed by atoms with Gasteiger partial charge in [-0.1, -0.05) is 34.1 Å². The van der Waals surface area contributed by atoms with Crippen LogP contribution in [-0.2, 0) is 14.6 Å². The molecule has 2 saturated carbocycles. The van der Waals surface area contributed by atoms with E-state index >= 15 is 0 Å². The molecule has 0 aromatic rings. The maximum Gasteiger partial charge on any atom is 0.308 e. The van der Waals surface area contributed by atoms with Crippen molar-refractivity contribution in [1.82, 2.24) is 0 Å². The van der Waals surface area contributed by atoms with E-state index in [4.69, 9.17) is 9.78 Å². The molecule has 1 heterocycles. The summed E-state index contributed by atoms with van der Waals surface area (Å²) in [6.07, 6.45) is 8.26. The first-order valence-electron chi connectivity index (χ1n) is 11.6. The molecule has 7 atom stereocenters. The fourth-order valence-electron chi connectivity index (χ4n) is 6.93. The lowest BCUT2D eigenvalue weighted by Gasteiger charge is -2.63. The lowest BCUT2D eigenvalue weighted by atomic mass is 9.44. The molecule has 0 radical (unpaired) electrons. The Hall–Kier alpha value is -0.650. The van der Waals surface area contributed by atoms with Crippen LogP contribution in [0.1, 0.15) is 99.3 Å². The summed E-state index contributed by atoms with van der Waals surface area (Å²) in [5, 5.41) is 21.3. The molecule has 0 amide bonds. The largest absolute Gasteiger partial charge is 0.481 e. The first-order chi connectivity index (χ1) is 13.3. The Morgan fingerprint density at radius 1 is 1.07 bits per heavy atom. The van der Waals surface area contributed by atoms with Crippen molar-refractivity contribution >= 4 is 5.97 Å². The first kappa shape index (κ1) is 23.0. The summed E-state index contributed by atoms with van der Waals surface area (Å²) in [6.45, 7) is 13.0. The van der Waals surface area contributed by atoms with E-state index in [0.717, 1.165) is 25.7 Å². The average molecular weight is 411 g/mol. The molecule has 29 heavy (non-hydrogen) atoms. The number of carboxylic acid groups (broad SMARTS) is 1. The molecule has 3 rings (SSSR count). The Balaban J connectivity index is 1.71.